The molecule has 0 unspecified atom stereocenters. The monoisotopic (exact) mass is 369 g/mol. The highest BCUT2D eigenvalue weighted by molar-refractivity contribution is 7.15. The van der Waals surface area contributed by atoms with Gasteiger partial charge in [0.25, 0.3) is 5.91 Å². The molecule has 4 aromatic rings. The van der Waals surface area contributed by atoms with Crippen molar-refractivity contribution in [2.45, 2.75) is 20.8 Å². The average molecular weight is 369 g/mol. The molecule has 3 aromatic heterocycles. The van der Waals surface area contributed by atoms with Crippen LogP contribution < -0.4 is 5.32 Å². The quantitative estimate of drug-likeness (QED) is 0.539. The molecule has 1 N–H and O–H groups in total. The third-order valence-electron chi connectivity index (χ3n) is 3.91. The van der Waals surface area contributed by atoms with Gasteiger partial charge in [-0.3, -0.25) is 10.1 Å². The van der Waals surface area contributed by atoms with Crippen LogP contribution in [0.25, 0.3) is 21.7 Å². The lowest BCUT2D eigenvalue weighted by Gasteiger charge is -1.98. The van der Waals surface area contributed by atoms with Crippen LogP contribution in [0.1, 0.15) is 26.6 Å². The molecule has 7 heteroatoms. The zero-order valence-corrected chi connectivity index (χ0v) is 15.5. The molecular formula is C18H15N3O2S2. The minimum Gasteiger partial charge on any atom is -0.451 e. The van der Waals surface area contributed by atoms with Crippen molar-refractivity contribution in [2.75, 3.05) is 5.32 Å². The first-order chi connectivity index (χ1) is 12.0. The number of benzene rings is 1. The second-order valence-corrected chi connectivity index (χ2v) is 7.88. The van der Waals surface area contributed by atoms with E-state index in [1.807, 2.05) is 51.1 Å². The minimum atomic E-state index is -0.309. The van der Waals surface area contributed by atoms with E-state index in [1.165, 1.54) is 4.88 Å². The van der Waals surface area contributed by atoms with Crippen molar-refractivity contribution < 1.29 is 9.21 Å². The summed E-state index contributed by atoms with van der Waals surface area (Å²) in [7, 11) is 0. The molecular weight excluding hydrogens is 354 g/mol. The number of anilines is 1. The van der Waals surface area contributed by atoms with Crippen molar-refractivity contribution in [3.8, 4) is 10.7 Å². The summed E-state index contributed by atoms with van der Waals surface area (Å²) >= 11 is 2.79. The number of furan rings is 1. The Labute approximate surface area is 152 Å². The molecule has 0 bridgehead atoms. The molecule has 0 aliphatic rings. The van der Waals surface area contributed by atoms with Gasteiger partial charge >= 0.3 is 0 Å². The maximum atomic E-state index is 12.6. The Morgan fingerprint density at radius 2 is 2.00 bits per heavy atom. The number of aryl methyl sites for hydroxylation is 3. The van der Waals surface area contributed by atoms with Crippen LogP contribution in [-0.2, 0) is 0 Å². The van der Waals surface area contributed by atoms with Crippen molar-refractivity contribution in [1.29, 1.82) is 0 Å². The van der Waals surface area contributed by atoms with Crippen LogP contribution in [0.4, 0.5) is 5.13 Å². The lowest BCUT2D eigenvalue weighted by molar-refractivity contribution is 0.0998. The number of rotatable bonds is 3. The molecule has 1 aromatic carbocycles. The number of thiophene rings is 1. The van der Waals surface area contributed by atoms with E-state index in [0.717, 1.165) is 38.5 Å². The molecule has 3 heterocycles. The fourth-order valence-electron chi connectivity index (χ4n) is 2.63. The standard InChI is InChI=1S/C18H15N3O2S2/c1-9-4-6-12-11(3)15(23-13(12)8-9)17(22)20-18-19-16(21-25-18)14-7-5-10(2)24-14/h4-8H,1-3H3,(H,19,20,21,22). The lowest BCUT2D eigenvalue weighted by atomic mass is 10.1. The number of hydrogen-bond acceptors (Lipinski definition) is 6. The molecule has 5 nitrogen and oxygen atoms in total. The Morgan fingerprint density at radius 1 is 1.16 bits per heavy atom. The number of fused-ring (bicyclic) bond motifs is 1. The number of nitrogens with zero attached hydrogens (tertiary/aromatic N) is 2. The van der Waals surface area contributed by atoms with Gasteiger partial charge in [-0.2, -0.15) is 9.36 Å². The largest absolute Gasteiger partial charge is 0.451 e. The molecule has 0 saturated heterocycles. The van der Waals surface area contributed by atoms with Crippen LogP contribution in [0.3, 0.4) is 0 Å². The topological polar surface area (TPSA) is 68.0 Å². The number of carbonyl (C=O) groups excluding carboxylic acids is 1. The maximum absolute atomic E-state index is 12.6. The predicted molar refractivity (Wildman–Crippen MR) is 102 cm³/mol. The molecule has 0 saturated carbocycles. The molecule has 4 rings (SSSR count). The number of hydrogen-bond donors (Lipinski definition) is 1. The molecule has 0 aliphatic carbocycles. The second-order valence-electron chi connectivity index (χ2n) is 5.84. The van der Waals surface area contributed by atoms with Crippen LogP contribution in [0.2, 0.25) is 0 Å². The molecule has 0 radical (unpaired) electrons. The van der Waals surface area contributed by atoms with Crippen LogP contribution in [-0.4, -0.2) is 15.3 Å². The fraction of sp³-hybridized carbons (Fsp3) is 0.167. The van der Waals surface area contributed by atoms with E-state index in [9.17, 15) is 4.79 Å². The summed E-state index contributed by atoms with van der Waals surface area (Å²) < 4.78 is 10.1. The zero-order chi connectivity index (χ0) is 17.6. The first-order valence-corrected chi connectivity index (χ1v) is 9.32. The van der Waals surface area contributed by atoms with Crippen LogP contribution in [0.5, 0.6) is 0 Å². The maximum Gasteiger partial charge on any atom is 0.293 e. The van der Waals surface area contributed by atoms with Gasteiger partial charge in [-0.15, -0.1) is 11.3 Å². The first kappa shape index (κ1) is 16.0. The molecule has 25 heavy (non-hydrogen) atoms. The molecule has 1 amide bonds. The Bertz CT molecular complexity index is 1090. The van der Waals surface area contributed by atoms with Crippen LogP contribution in [0, 0.1) is 20.8 Å². The van der Waals surface area contributed by atoms with E-state index < -0.39 is 0 Å². The van der Waals surface area contributed by atoms with Gasteiger partial charge in [0.15, 0.2) is 11.6 Å². The van der Waals surface area contributed by atoms with E-state index in [-0.39, 0.29) is 5.91 Å². The Morgan fingerprint density at radius 3 is 2.76 bits per heavy atom. The smallest absolute Gasteiger partial charge is 0.293 e. The summed E-state index contributed by atoms with van der Waals surface area (Å²) in [5.41, 5.74) is 2.63. The zero-order valence-electron chi connectivity index (χ0n) is 13.9. The van der Waals surface area contributed by atoms with E-state index >= 15 is 0 Å². The van der Waals surface area contributed by atoms with Crippen molar-refractivity contribution in [3.05, 3.63) is 52.1 Å². The Kier molecular flexibility index (Phi) is 3.89. The number of nitrogens with one attached hydrogen (secondary N) is 1. The van der Waals surface area contributed by atoms with Crippen LogP contribution in [0.15, 0.2) is 34.7 Å². The summed E-state index contributed by atoms with van der Waals surface area (Å²) in [4.78, 5) is 19.2. The predicted octanol–water partition coefficient (Wildman–Crippen LogP) is 5.19. The first-order valence-electron chi connectivity index (χ1n) is 7.73. The van der Waals surface area contributed by atoms with E-state index in [0.29, 0.717) is 16.7 Å². The SMILES string of the molecule is Cc1ccc2c(C)c(C(=O)Nc3nc(-c4ccc(C)s4)ns3)oc2c1. The molecule has 0 fully saturated rings. The highest BCUT2D eigenvalue weighted by Crippen LogP contribution is 2.29. The van der Waals surface area contributed by atoms with Gasteiger partial charge in [-0.05, 0) is 44.5 Å². The van der Waals surface area contributed by atoms with Gasteiger partial charge in [0.05, 0.1) is 4.88 Å². The number of carbonyl (C=O) groups is 1. The summed E-state index contributed by atoms with van der Waals surface area (Å²) in [5, 5.41) is 4.20. The summed E-state index contributed by atoms with van der Waals surface area (Å²) in [6.07, 6.45) is 0. The highest BCUT2D eigenvalue weighted by atomic mass is 32.1. The highest BCUT2D eigenvalue weighted by Gasteiger charge is 2.19. The normalized spacial score (nSPS) is 11.2. The Balaban J connectivity index is 1.60. The minimum absolute atomic E-state index is 0.309. The van der Waals surface area contributed by atoms with E-state index in [4.69, 9.17) is 4.42 Å². The van der Waals surface area contributed by atoms with Gasteiger partial charge in [-0.1, -0.05) is 12.1 Å². The van der Waals surface area contributed by atoms with E-state index in [1.54, 1.807) is 11.3 Å². The molecule has 0 atom stereocenters. The van der Waals surface area contributed by atoms with Crippen molar-refractivity contribution in [2.24, 2.45) is 0 Å². The fourth-order valence-corrected chi connectivity index (χ4v) is 4.07. The summed E-state index contributed by atoms with van der Waals surface area (Å²) in [6.45, 7) is 5.91. The summed E-state index contributed by atoms with van der Waals surface area (Å²) in [5.74, 6) is 0.635. The summed E-state index contributed by atoms with van der Waals surface area (Å²) in [6, 6.07) is 9.93. The van der Waals surface area contributed by atoms with Gasteiger partial charge in [0.1, 0.15) is 5.58 Å². The third kappa shape index (κ3) is 2.96. The molecule has 126 valence electrons. The van der Waals surface area contributed by atoms with E-state index in [2.05, 4.69) is 14.7 Å². The van der Waals surface area contributed by atoms with Gasteiger partial charge in [0, 0.05) is 27.4 Å². The lowest BCUT2D eigenvalue weighted by Crippen LogP contribution is -2.11. The average Bonchev–Trinajstić information content (AvgIpc) is 3.27. The van der Waals surface area contributed by atoms with Crippen molar-refractivity contribution in [3.63, 3.8) is 0 Å². The Hall–Kier alpha value is -2.51. The number of aromatic nitrogens is 2. The van der Waals surface area contributed by atoms with Gasteiger partial charge in [0.2, 0.25) is 5.13 Å². The molecule has 0 aliphatic heterocycles. The van der Waals surface area contributed by atoms with Crippen LogP contribution >= 0.6 is 22.9 Å². The molecule has 0 spiro atoms. The van der Waals surface area contributed by atoms with Crippen molar-refractivity contribution >= 4 is 44.9 Å². The third-order valence-corrected chi connectivity index (χ3v) is 5.53. The van der Waals surface area contributed by atoms with Gasteiger partial charge in [-0.25, -0.2) is 0 Å². The second kappa shape index (κ2) is 6.09. The van der Waals surface area contributed by atoms with Crippen molar-refractivity contribution in [1.82, 2.24) is 9.36 Å². The number of amides is 1. The van der Waals surface area contributed by atoms with Gasteiger partial charge < -0.3 is 4.42 Å².